The molecule has 0 aromatic carbocycles. The van der Waals surface area contributed by atoms with Crippen LogP contribution in [0.5, 0.6) is 0 Å². The highest BCUT2D eigenvalue weighted by atomic mass is 16.5. The van der Waals surface area contributed by atoms with Crippen molar-refractivity contribution in [3.05, 3.63) is 12.7 Å². The van der Waals surface area contributed by atoms with E-state index in [1.807, 2.05) is 4.57 Å². The van der Waals surface area contributed by atoms with Gasteiger partial charge in [-0.25, -0.2) is 15.0 Å². The van der Waals surface area contributed by atoms with Gasteiger partial charge in [0.25, 0.3) is 0 Å². The Bertz CT molecular complexity index is 608. The minimum Gasteiger partial charge on any atom is -0.396 e. The Morgan fingerprint density at radius 1 is 1.44 bits per heavy atom. The maximum Gasteiger partial charge on any atom is 0.167 e. The fourth-order valence-electron chi connectivity index (χ4n) is 3.03. The van der Waals surface area contributed by atoms with E-state index in [1.165, 1.54) is 6.33 Å². The molecule has 7 heteroatoms. The Balaban J connectivity index is 1.77. The first-order valence-corrected chi connectivity index (χ1v) is 5.96. The number of rotatable bonds is 2. The van der Waals surface area contributed by atoms with E-state index in [2.05, 4.69) is 15.0 Å². The molecule has 0 bridgehead atoms. The third-order valence-electron chi connectivity index (χ3n) is 4.06. The lowest BCUT2D eigenvalue weighted by Gasteiger charge is -2.16. The summed E-state index contributed by atoms with van der Waals surface area (Å²) in [5, 5.41) is 9.26. The molecule has 18 heavy (non-hydrogen) atoms. The molecule has 2 fully saturated rings. The van der Waals surface area contributed by atoms with Crippen LogP contribution in [0.4, 0.5) is 5.82 Å². The van der Waals surface area contributed by atoms with E-state index in [9.17, 15) is 5.11 Å². The van der Waals surface area contributed by atoms with Crippen LogP contribution in [0.3, 0.4) is 0 Å². The summed E-state index contributed by atoms with van der Waals surface area (Å²) in [6, 6.07) is 0. The molecule has 1 aliphatic carbocycles. The summed E-state index contributed by atoms with van der Waals surface area (Å²) < 4.78 is 7.65. The molecule has 3 N–H and O–H groups in total. The number of aromatic nitrogens is 4. The third-order valence-corrected chi connectivity index (χ3v) is 4.06. The fourth-order valence-corrected chi connectivity index (χ4v) is 3.03. The van der Waals surface area contributed by atoms with E-state index in [4.69, 9.17) is 10.5 Å². The molecule has 1 aliphatic heterocycles. The number of anilines is 1. The Kier molecular flexibility index (Phi) is 1.93. The largest absolute Gasteiger partial charge is 0.396 e. The smallest absolute Gasteiger partial charge is 0.167 e. The fraction of sp³-hybridized carbons (Fsp3) is 0.545. The monoisotopic (exact) mass is 247 g/mol. The van der Waals surface area contributed by atoms with Gasteiger partial charge in [-0.15, -0.1) is 0 Å². The second-order valence-electron chi connectivity index (χ2n) is 4.89. The summed E-state index contributed by atoms with van der Waals surface area (Å²) in [6.45, 7) is 0.916. The van der Waals surface area contributed by atoms with Crippen molar-refractivity contribution in [3.8, 4) is 0 Å². The Morgan fingerprint density at radius 2 is 2.33 bits per heavy atom. The van der Waals surface area contributed by atoms with Crippen molar-refractivity contribution in [1.29, 1.82) is 0 Å². The first-order valence-electron chi connectivity index (χ1n) is 5.96. The van der Waals surface area contributed by atoms with Gasteiger partial charge in [0.2, 0.25) is 0 Å². The van der Waals surface area contributed by atoms with E-state index in [-0.39, 0.29) is 12.8 Å². The van der Waals surface area contributed by atoms with Gasteiger partial charge < -0.3 is 15.6 Å². The van der Waals surface area contributed by atoms with Gasteiger partial charge in [0.05, 0.1) is 12.9 Å². The van der Waals surface area contributed by atoms with E-state index >= 15 is 0 Å². The molecule has 1 saturated heterocycles. The van der Waals surface area contributed by atoms with Crippen LogP contribution in [0.2, 0.25) is 0 Å². The Morgan fingerprint density at radius 3 is 3.11 bits per heavy atom. The Hall–Kier alpha value is -1.73. The number of aliphatic hydroxyl groups is 1. The van der Waals surface area contributed by atoms with Crippen molar-refractivity contribution in [2.24, 2.45) is 17.8 Å². The van der Waals surface area contributed by atoms with Crippen LogP contribution in [0.25, 0.3) is 11.2 Å². The summed E-state index contributed by atoms with van der Waals surface area (Å²) in [4.78, 5) is 12.4. The average molecular weight is 247 g/mol. The van der Waals surface area contributed by atoms with Crippen molar-refractivity contribution in [3.63, 3.8) is 0 Å². The van der Waals surface area contributed by atoms with Gasteiger partial charge in [-0.1, -0.05) is 0 Å². The van der Waals surface area contributed by atoms with Crippen molar-refractivity contribution in [2.75, 3.05) is 18.9 Å². The van der Waals surface area contributed by atoms with Gasteiger partial charge in [0, 0.05) is 12.5 Å². The molecule has 4 rings (SSSR count). The number of imidazole rings is 1. The molecular weight excluding hydrogens is 234 g/mol. The maximum absolute atomic E-state index is 9.26. The lowest BCUT2D eigenvalue weighted by Crippen LogP contribution is -2.14. The summed E-state index contributed by atoms with van der Waals surface area (Å²) >= 11 is 0. The summed E-state index contributed by atoms with van der Waals surface area (Å²) in [6.07, 6.45) is 3.03. The minimum atomic E-state index is -0.0913. The van der Waals surface area contributed by atoms with Gasteiger partial charge in [-0.3, -0.25) is 4.57 Å². The van der Waals surface area contributed by atoms with Crippen LogP contribution in [0, 0.1) is 17.8 Å². The normalized spacial score (nSPS) is 33.8. The second-order valence-corrected chi connectivity index (χ2v) is 4.89. The molecule has 7 nitrogen and oxygen atoms in total. The Labute approximate surface area is 103 Å². The highest BCUT2D eigenvalue weighted by molar-refractivity contribution is 5.81. The zero-order chi connectivity index (χ0) is 12.3. The number of nitrogens with two attached hydrogens (primary N) is 1. The van der Waals surface area contributed by atoms with E-state index < -0.39 is 0 Å². The highest BCUT2D eigenvalue weighted by Crippen LogP contribution is 2.58. The van der Waals surface area contributed by atoms with E-state index in [0.717, 1.165) is 0 Å². The van der Waals surface area contributed by atoms with E-state index in [1.54, 1.807) is 6.33 Å². The lowest BCUT2D eigenvalue weighted by molar-refractivity contribution is 0.0121. The average Bonchev–Trinajstić information content (AvgIpc) is 2.75. The molecule has 94 valence electrons. The van der Waals surface area contributed by atoms with Crippen molar-refractivity contribution in [2.45, 2.75) is 6.23 Å². The molecule has 3 heterocycles. The maximum atomic E-state index is 9.26. The van der Waals surface area contributed by atoms with Gasteiger partial charge in [0.1, 0.15) is 18.1 Å². The molecule has 0 spiro atoms. The molecule has 1 saturated carbocycles. The third kappa shape index (κ3) is 1.17. The number of nitrogen functional groups attached to an aromatic ring is 1. The van der Waals surface area contributed by atoms with Crippen LogP contribution < -0.4 is 5.73 Å². The van der Waals surface area contributed by atoms with Gasteiger partial charge in [0.15, 0.2) is 11.5 Å². The number of aliphatic hydroxyl groups excluding tert-OH is 1. The number of ether oxygens (including phenoxy) is 1. The molecule has 2 aromatic rings. The molecule has 0 amide bonds. The SMILES string of the molecule is Nc1ncnc2c1ncn2[C@@H]1OC[C@@H]2[C@H](CO)[C@@H]21. The van der Waals surface area contributed by atoms with E-state index in [0.29, 0.717) is 41.3 Å². The second kappa shape index (κ2) is 3.39. The quantitative estimate of drug-likeness (QED) is 0.762. The van der Waals surface area contributed by atoms with Crippen molar-refractivity contribution in [1.82, 2.24) is 19.5 Å². The minimum absolute atomic E-state index is 0.0913. The summed E-state index contributed by atoms with van der Waals surface area (Å²) in [5.74, 6) is 1.56. The standard InChI is InChI=1S/C11H13N5O2/c12-9-8-10(14-3-13-9)16(4-15-8)11-7-5(1-17)6(7)2-18-11/h3-7,11,17H,1-2H2,(H2,12,13,14)/t5-,6+,7-,11+/m0/s1. The van der Waals surface area contributed by atoms with Gasteiger partial charge in [-0.05, 0) is 11.8 Å². The zero-order valence-electron chi connectivity index (χ0n) is 9.60. The van der Waals surface area contributed by atoms with Gasteiger partial charge >= 0.3 is 0 Å². The first kappa shape index (κ1) is 10.2. The first-order chi connectivity index (χ1) is 8.81. The van der Waals surface area contributed by atoms with Crippen LogP contribution in [-0.4, -0.2) is 37.8 Å². The molecule has 4 atom stereocenters. The van der Waals surface area contributed by atoms with Crippen LogP contribution in [-0.2, 0) is 4.74 Å². The number of nitrogens with zero attached hydrogens (tertiary/aromatic N) is 4. The van der Waals surface area contributed by atoms with Crippen LogP contribution in [0.1, 0.15) is 6.23 Å². The topological polar surface area (TPSA) is 99.1 Å². The lowest BCUT2D eigenvalue weighted by atomic mass is 10.3. The predicted octanol–water partition coefficient (Wildman–Crippen LogP) is -0.208. The van der Waals surface area contributed by atoms with Crippen molar-refractivity contribution >= 4 is 17.0 Å². The molecular formula is C11H13N5O2. The molecule has 0 unspecified atom stereocenters. The number of hydrogen-bond acceptors (Lipinski definition) is 6. The highest BCUT2D eigenvalue weighted by Gasteiger charge is 2.59. The van der Waals surface area contributed by atoms with Crippen LogP contribution in [0.15, 0.2) is 12.7 Å². The predicted molar refractivity (Wildman–Crippen MR) is 62.3 cm³/mol. The summed E-state index contributed by atoms with van der Waals surface area (Å²) in [7, 11) is 0. The van der Waals surface area contributed by atoms with Crippen LogP contribution >= 0.6 is 0 Å². The van der Waals surface area contributed by atoms with Crippen molar-refractivity contribution < 1.29 is 9.84 Å². The summed E-state index contributed by atoms with van der Waals surface area (Å²) in [5.41, 5.74) is 7.05. The molecule has 2 aliphatic rings. The zero-order valence-corrected chi connectivity index (χ0v) is 9.60. The van der Waals surface area contributed by atoms with Gasteiger partial charge in [-0.2, -0.15) is 0 Å². The number of fused-ring (bicyclic) bond motifs is 2. The molecule has 2 aromatic heterocycles. The number of hydrogen-bond donors (Lipinski definition) is 2. The molecule has 0 radical (unpaired) electrons.